The number of Topliss-reactive ketones (excluding diaryl/α,β-unsaturated/α-hetero) is 1. The van der Waals surface area contributed by atoms with Crippen LogP contribution >= 0.6 is 0 Å². The van der Waals surface area contributed by atoms with E-state index in [0.717, 1.165) is 5.56 Å². The third-order valence-electron chi connectivity index (χ3n) is 4.45. The first kappa shape index (κ1) is 21.1. The van der Waals surface area contributed by atoms with Crippen LogP contribution in [0.5, 0.6) is 0 Å². The Balaban J connectivity index is 1.52. The molecule has 0 spiro atoms. The number of benzene rings is 1. The van der Waals surface area contributed by atoms with Crippen LogP contribution in [0, 0.1) is 0 Å². The fraction of sp³-hybridized carbons (Fsp3) is 0.286. The lowest BCUT2D eigenvalue weighted by atomic mass is 10.1. The molecular weight excluding hydrogens is 389 g/mol. The van der Waals surface area contributed by atoms with Gasteiger partial charge < -0.3 is 9.88 Å². The molecule has 156 valence electrons. The van der Waals surface area contributed by atoms with Gasteiger partial charge >= 0.3 is 0 Å². The predicted octanol–water partition coefficient (Wildman–Crippen LogP) is 2.25. The van der Waals surface area contributed by atoms with Gasteiger partial charge in [0.2, 0.25) is 5.91 Å². The highest BCUT2D eigenvalue weighted by Crippen LogP contribution is 2.08. The number of hydrogen-bond donors (Lipinski definition) is 1. The van der Waals surface area contributed by atoms with Crippen molar-refractivity contribution in [3.8, 4) is 0 Å². The van der Waals surface area contributed by atoms with Crippen molar-refractivity contribution in [3.05, 3.63) is 76.5 Å². The molecule has 0 saturated carbocycles. The number of pyridine rings is 1. The second-order valence-corrected chi connectivity index (χ2v) is 6.93. The smallest absolute Gasteiger partial charge is 0.252 e. The minimum Gasteiger partial charge on any atom is -0.326 e. The SMILES string of the molecule is CC(=O)c1cn(CCC(F)Cn2ccc(NC(=O)Cc3ccccc3)cc2=O)nn1. The van der Waals surface area contributed by atoms with Crippen molar-refractivity contribution in [2.24, 2.45) is 0 Å². The fourth-order valence-electron chi connectivity index (χ4n) is 2.87. The number of alkyl halides is 1. The minimum absolute atomic E-state index is 0.114. The number of nitrogens with one attached hydrogen (secondary N) is 1. The van der Waals surface area contributed by atoms with Gasteiger partial charge in [-0.25, -0.2) is 4.39 Å². The summed E-state index contributed by atoms with van der Waals surface area (Å²) in [7, 11) is 0. The maximum Gasteiger partial charge on any atom is 0.252 e. The number of rotatable bonds is 9. The lowest BCUT2D eigenvalue weighted by molar-refractivity contribution is -0.115. The van der Waals surface area contributed by atoms with Crippen LogP contribution in [-0.4, -0.2) is 37.4 Å². The maximum atomic E-state index is 14.3. The third kappa shape index (κ3) is 5.94. The molecule has 2 aromatic heterocycles. The number of nitrogens with zero attached hydrogens (tertiary/aromatic N) is 4. The van der Waals surface area contributed by atoms with Gasteiger partial charge in [0.15, 0.2) is 5.78 Å². The Bertz CT molecular complexity index is 1080. The van der Waals surface area contributed by atoms with Crippen LogP contribution in [0.15, 0.2) is 59.7 Å². The molecule has 0 saturated heterocycles. The first-order valence-corrected chi connectivity index (χ1v) is 9.50. The molecule has 8 nitrogen and oxygen atoms in total. The van der Waals surface area contributed by atoms with Crippen LogP contribution in [-0.2, 0) is 24.3 Å². The molecule has 1 atom stereocenters. The van der Waals surface area contributed by atoms with E-state index in [4.69, 9.17) is 0 Å². The molecule has 3 rings (SSSR count). The molecular formula is C21H22FN5O3. The number of anilines is 1. The van der Waals surface area contributed by atoms with Crippen LogP contribution < -0.4 is 10.9 Å². The predicted molar refractivity (Wildman–Crippen MR) is 109 cm³/mol. The number of aryl methyl sites for hydroxylation is 1. The summed E-state index contributed by atoms with van der Waals surface area (Å²) in [5.74, 6) is -0.444. The van der Waals surface area contributed by atoms with Crippen molar-refractivity contribution in [1.29, 1.82) is 0 Å². The van der Waals surface area contributed by atoms with Crippen molar-refractivity contribution >= 4 is 17.4 Å². The summed E-state index contributed by atoms with van der Waals surface area (Å²) in [6.07, 6.45) is 1.95. The first-order valence-electron chi connectivity index (χ1n) is 9.50. The average Bonchev–Trinajstić information content (AvgIpc) is 3.19. The van der Waals surface area contributed by atoms with E-state index in [-0.39, 0.29) is 43.3 Å². The minimum atomic E-state index is -1.29. The topological polar surface area (TPSA) is 98.9 Å². The van der Waals surface area contributed by atoms with Gasteiger partial charge in [-0.15, -0.1) is 5.10 Å². The van der Waals surface area contributed by atoms with E-state index in [1.54, 1.807) is 6.07 Å². The third-order valence-corrected chi connectivity index (χ3v) is 4.45. The molecule has 0 fully saturated rings. The molecule has 0 aliphatic heterocycles. The number of amides is 1. The van der Waals surface area contributed by atoms with E-state index in [0.29, 0.717) is 5.69 Å². The molecule has 1 unspecified atom stereocenters. The summed E-state index contributed by atoms with van der Waals surface area (Å²) >= 11 is 0. The highest BCUT2D eigenvalue weighted by Gasteiger charge is 2.12. The normalized spacial score (nSPS) is 11.8. The van der Waals surface area contributed by atoms with Gasteiger partial charge in [0.25, 0.3) is 5.56 Å². The Morgan fingerprint density at radius 2 is 1.97 bits per heavy atom. The molecule has 9 heteroatoms. The van der Waals surface area contributed by atoms with Crippen molar-refractivity contribution in [3.63, 3.8) is 0 Å². The Hall–Kier alpha value is -3.62. The molecule has 0 bridgehead atoms. The standard InChI is InChI=1S/C21H22FN5O3/c1-15(28)19-14-27(25-24-19)10-7-17(22)13-26-9-8-18(12-21(26)30)23-20(29)11-16-5-3-2-4-6-16/h2-6,8-9,12,14,17H,7,10-11,13H2,1H3,(H,23,29). The Morgan fingerprint density at radius 1 is 1.20 bits per heavy atom. The molecule has 1 aromatic carbocycles. The van der Waals surface area contributed by atoms with E-state index in [2.05, 4.69) is 15.6 Å². The van der Waals surface area contributed by atoms with Crippen molar-refractivity contribution in [2.75, 3.05) is 5.32 Å². The average molecular weight is 411 g/mol. The number of ketones is 1. The van der Waals surface area contributed by atoms with Gasteiger partial charge in [0.1, 0.15) is 11.9 Å². The van der Waals surface area contributed by atoms with Gasteiger partial charge in [-0.2, -0.15) is 0 Å². The van der Waals surface area contributed by atoms with Crippen LogP contribution in [0.3, 0.4) is 0 Å². The van der Waals surface area contributed by atoms with E-state index in [1.165, 1.54) is 34.6 Å². The van der Waals surface area contributed by atoms with Crippen LogP contribution in [0.1, 0.15) is 29.4 Å². The number of aromatic nitrogens is 4. The van der Waals surface area contributed by atoms with Gasteiger partial charge in [0.05, 0.1) is 19.2 Å². The highest BCUT2D eigenvalue weighted by atomic mass is 19.1. The quantitative estimate of drug-likeness (QED) is 0.545. The highest BCUT2D eigenvalue weighted by molar-refractivity contribution is 5.92. The summed E-state index contributed by atoms with van der Waals surface area (Å²) < 4.78 is 17.0. The lowest BCUT2D eigenvalue weighted by Gasteiger charge is -2.12. The Kier molecular flexibility index (Phi) is 6.84. The van der Waals surface area contributed by atoms with Crippen LogP contribution in [0.25, 0.3) is 0 Å². The molecule has 30 heavy (non-hydrogen) atoms. The largest absolute Gasteiger partial charge is 0.326 e. The fourth-order valence-corrected chi connectivity index (χ4v) is 2.87. The molecule has 0 radical (unpaired) electrons. The number of halogens is 1. The summed E-state index contributed by atoms with van der Waals surface area (Å²) in [6, 6.07) is 12.1. The summed E-state index contributed by atoms with van der Waals surface area (Å²) in [4.78, 5) is 35.6. The molecule has 2 heterocycles. The van der Waals surface area contributed by atoms with E-state index >= 15 is 0 Å². The molecule has 3 aromatic rings. The lowest BCUT2D eigenvalue weighted by Crippen LogP contribution is -2.25. The van der Waals surface area contributed by atoms with Gasteiger partial charge in [0, 0.05) is 31.4 Å². The summed E-state index contributed by atoms with van der Waals surface area (Å²) in [6.45, 7) is 1.50. The van der Waals surface area contributed by atoms with E-state index in [9.17, 15) is 18.8 Å². The second-order valence-electron chi connectivity index (χ2n) is 6.93. The zero-order valence-corrected chi connectivity index (χ0v) is 16.5. The zero-order valence-electron chi connectivity index (χ0n) is 16.5. The molecule has 0 aliphatic rings. The van der Waals surface area contributed by atoms with Gasteiger partial charge in [-0.3, -0.25) is 19.1 Å². The monoisotopic (exact) mass is 411 g/mol. The van der Waals surface area contributed by atoms with Crippen LogP contribution in [0.2, 0.25) is 0 Å². The van der Waals surface area contributed by atoms with Crippen LogP contribution in [0.4, 0.5) is 10.1 Å². The first-order chi connectivity index (χ1) is 14.4. The second kappa shape index (κ2) is 9.73. The van der Waals surface area contributed by atoms with Gasteiger partial charge in [-0.1, -0.05) is 35.5 Å². The van der Waals surface area contributed by atoms with E-state index < -0.39 is 11.7 Å². The Morgan fingerprint density at radius 3 is 2.63 bits per heavy atom. The molecule has 1 N–H and O–H groups in total. The maximum absolute atomic E-state index is 14.3. The number of hydrogen-bond acceptors (Lipinski definition) is 5. The van der Waals surface area contributed by atoms with Crippen molar-refractivity contribution in [1.82, 2.24) is 19.6 Å². The number of carbonyl (C=O) groups is 2. The van der Waals surface area contributed by atoms with Crippen molar-refractivity contribution < 1.29 is 14.0 Å². The molecule has 1 amide bonds. The van der Waals surface area contributed by atoms with Crippen molar-refractivity contribution in [2.45, 2.75) is 39.0 Å². The van der Waals surface area contributed by atoms with Gasteiger partial charge in [-0.05, 0) is 18.1 Å². The Labute approximate surface area is 172 Å². The van der Waals surface area contributed by atoms with E-state index in [1.807, 2.05) is 30.3 Å². The zero-order chi connectivity index (χ0) is 21.5. The molecule has 0 aliphatic carbocycles. The number of carbonyl (C=O) groups excluding carboxylic acids is 2. The summed E-state index contributed by atoms with van der Waals surface area (Å²) in [5, 5.41) is 10.2. The summed E-state index contributed by atoms with van der Waals surface area (Å²) in [5.41, 5.74) is 1.06.